The molecule has 0 spiro atoms. The average molecular weight is 326 g/mol. The fraction of sp³-hybridized carbons (Fsp3) is 0.667. The second-order valence-corrected chi connectivity index (χ2v) is 6.69. The molecule has 2 atom stereocenters. The van der Waals surface area contributed by atoms with E-state index in [1.165, 1.54) is 12.0 Å². The van der Waals surface area contributed by atoms with Crippen molar-refractivity contribution >= 4 is 15.9 Å². The van der Waals surface area contributed by atoms with Gasteiger partial charge < -0.3 is 5.32 Å². The van der Waals surface area contributed by atoms with E-state index in [1.54, 1.807) is 0 Å². The van der Waals surface area contributed by atoms with Crippen molar-refractivity contribution in [2.75, 3.05) is 13.1 Å². The Morgan fingerprint density at radius 3 is 2.89 bits per heavy atom. The molecule has 106 valence electrons. The summed E-state index contributed by atoms with van der Waals surface area (Å²) in [6.07, 6.45) is 6.17. The molecule has 0 radical (unpaired) electrons. The SMILES string of the molecule is CCC1CNC(C)(CC)CN1Cc1cncc(Br)c1. The molecule has 2 heterocycles. The molecule has 0 saturated carbocycles. The monoisotopic (exact) mass is 325 g/mol. The van der Waals surface area contributed by atoms with Gasteiger partial charge in [-0.15, -0.1) is 0 Å². The first-order valence-corrected chi connectivity index (χ1v) is 7.94. The zero-order valence-corrected chi connectivity index (χ0v) is 13.7. The van der Waals surface area contributed by atoms with Crippen LogP contribution in [-0.2, 0) is 6.54 Å². The molecule has 0 bridgehead atoms. The lowest BCUT2D eigenvalue weighted by Gasteiger charge is -2.46. The molecular weight excluding hydrogens is 302 g/mol. The van der Waals surface area contributed by atoms with E-state index >= 15 is 0 Å². The van der Waals surface area contributed by atoms with Gasteiger partial charge in [0, 0.05) is 48.1 Å². The summed E-state index contributed by atoms with van der Waals surface area (Å²) in [4.78, 5) is 6.87. The minimum Gasteiger partial charge on any atom is -0.309 e. The summed E-state index contributed by atoms with van der Waals surface area (Å²) in [5, 5.41) is 3.71. The normalized spacial score (nSPS) is 28.5. The van der Waals surface area contributed by atoms with Crippen molar-refractivity contribution < 1.29 is 0 Å². The molecule has 0 aromatic carbocycles. The van der Waals surface area contributed by atoms with Gasteiger partial charge >= 0.3 is 0 Å². The molecule has 1 N–H and O–H groups in total. The minimum absolute atomic E-state index is 0.241. The summed E-state index contributed by atoms with van der Waals surface area (Å²) < 4.78 is 1.06. The fourth-order valence-electron chi connectivity index (χ4n) is 2.73. The fourth-order valence-corrected chi connectivity index (χ4v) is 3.14. The van der Waals surface area contributed by atoms with E-state index in [4.69, 9.17) is 0 Å². The maximum Gasteiger partial charge on any atom is 0.0410 e. The number of pyridine rings is 1. The van der Waals surface area contributed by atoms with Crippen molar-refractivity contribution in [2.24, 2.45) is 0 Å². The van der Waals surface area contributed by atoms with Crippen LogP contribution in [0.15, 0.2) is 22.9 Å². The Labute approximate surface area is 124 Å². The van der Waals surface area contributed by atoms with Crippen LogP contribution in [0.4, 0.5) is 0 Å². The third kappa shape index (κ3) is 3.77. The molecule has 3 nitrogen and oxygen atoms in total. The summed E-state index contributed by atoms with van der Waals surface area (Å²) in [5.74, 6) is 0. The van der Waals surface area contributed by atoms with E-state index in [1.807, 2.05) is 12.4 Å². The third-order valence-electron chi connectivity index (χ3n) is 4.23. The molecule has 19 heavy (non-hydrogen) atoms. The van der Waals surface area contributed by atoms with Crippen LogP contribution < -0.4 is 5.32 Å². The van der Waals surface area contributed by atoms with Crippen molar-refractivity contribution in [1.29, 1.82) is 0 Å². The number of hydrogen-bond donors (Lipinski definition) is 1. The van der Waals surface area contributed by atoms with Crippen LogP contribution in [-0.4, -0.2) is 34.6 Å². The predicted molar refractivity (Wildman–Crippen MR) is 83.1 cm³/mol. The van der Waals surface area contributed by atoms with Crippen LogP contribution >= 0.6 is 15.9 Å². The Hall–Kier alpha value is -0.450. The van der Waals surface area contributed by atoms with E-state index in [0.717, 1.165) is 30.5 Å². The lowest BCUT2D eigenvalue weighted by molar-refractivity contribution is 0.0754. The second-order valence-electron chi connectivity index (χ2n) is 5.77. The summed E-state index contributed by atoms with van der Waals surface area (Å²) in [6.45, 7) is 10.0. The molecule has 0 aliphatic carbocycles. The smallest absolute Gasteiger partial charge is 0.0410 e. The highest BCUT2D eigenvalue weighted by Crippen LogP contribution is 2.22. The van der Waals surface area contributed by atoms with Crippen molar-refractivity contribution in [3.63, 3.8) is 0 Å². The molecule has 1 aromatic heterocycles. The predicted octanol–water partition coefficient (Wildman–Crippen LogP) is 3.20. The van der Waals surface area contributed by atoms with E-state index in [2.05, 4.69) is 58.0 Å². The summed E-state index contributed by atoms with van der Waals surface area (Å²) >= 11 is 3.50. The van der Waals surface area contributed by atoms with Crippen LogP contribution in [0.5, 0.6) is 0 Å². The van der Waals surface area contributed by atoms with Gasteiger partial charge in [-0.25, -0.2) is 0 Å². The first-order chi connectivity index (χ1) is 9.06. The Kier molecular flexibility index (Phi) is 4.98. The van der Waals surface area contributed by atoms with Crippen molar-refractivity contribution in [3.8, 4) is 0 Å². The number of nitrogens with zero attached hydrogens (tertiary/aromatic N) is 2. The van der Waals surface area contributed by atoms with E-state index in [-0.39, 0.29) is 5.54 Å². The van der Waals surface area contributed by atoms with Crippen molar-refractivity contribution in [1.82, 2.24) is 15.2 Å². The van der Waals surface area contributed by atoms with Gasteiger partial charge in [-0.1, -0.05) is 13.8 Å². The average Bonchev–Trinajstić information content (AvgIpc) is 2.39. The molecule has 1 aliphatic rings. The molecule has 4 heteroatoms. The molecule has 1 fully saturated rings. The first-order valence-electron chi connectivity index (χ1n) is 7.15. The Balaban J connectivity index is 2.10. The standard InChI is InChI=1S/C15H24BrN3/c1-4-14-9-18-15(3,5-2)11-19(14)10-12-6-13(16)8-17-7-12/h6-8,14,18H,4-5,9-11H2,1-3H3. The highest BCUT2D eigenvalue weighted by atomic mass is 79.9. The lowest BCUT2D eigenvalue weighted by atomic mass is 9.92. The van der Waals surface area contributed by atoms with E-state index in [9.17, 15) is 0 Å². The summed E-state index contributed by atoms with van der Waals surface area (Å²) in [5.41, 5.74) is 1.53. The maximum absolute atomic E-state index is 4.27. The zero-order chi connectivity index (χ0) is 13.9. The third-order valence-corrected chi connectivity index (χ3v) is 4.67. The van der Waals surface area contributed by atoms with Gasteiger partial charge in [0.25, 0.3) is 0 Å². The van der Waals surface area contributed by atoms with Gasteiger partial charge in [0.15, 0.2) is 0 Å². The van der Waals surface area contributed by atoms with Crippen LogP contribution in [0.25, 0.3) is 0 Å². The highest BCUT2D eigenvalue weighted by molar-refractivity contribution is 9.10. The molecule has 0 amide bonds. The Bertz CT molecular complexity index is 424. The van der Waals surface area contributed by atoms with Gasteiger partial charge in [-0.05, 0) is 47.3 Å². The summed E-state index contributed by atoms with van der Waals surface area (Å²) in [6, 6.07) is 2.80. The first kappa shape index (κ1) is 14.9. The van der Waals surface area contributed by atoms with Crippen LogP contribution in [0.2, 0.25) is 0 Å². The molecular formula is C15H24BrN3. The second kappa shape index (κ2) is 6.33. The number of rotatable bonds is 4. The van der Waals surface area contributed by atoms with Gasteiger partial charge in [-0.2, -0.15) is 0 Å². The van der Waals surface area contributed by atoms with Gasteiger partial charge in [0.2, 0.25) is 0 Å². The maximum atomic E-state index is 4.27. The number of piperazine rings is 1. The zero-order valence-electron chi connectivity index (χ0n) is 12.1. The molecule has 1 aromatic rings. The van der Waals surface area contributed by atoms with Crippen LogP contribution in [0.1, 0.15) is 39.2 Å². The Morgan fingerprint density at radius 2 is 2.26 bits per heavy atom. The summed E-state index contributed by atoms with van der Waals surface area (Å²) in [7, 11) is 0. The minimum atomic E-state index is 0.241. The van der Waals surface area contributed by atoms with Gasteiger partial charge in [0.1, 0.15) is 0 Å². The van der Waals surface area contributed by atoms with Crippen molar-refractivity contribution in [2.45, 2.75) is 51.7 Å². The topological polar surface area (TPSA) is 28.2 Å². The highest BCUT2D eigenvalue weighted by Gasteiger charge is 2.33. The lowest BCUT2D eigenvalue weighted by Crippen LogP contribution is -2.62. The van der Waals surface area contributed by atoms with Gasteiger partial charge in [-0.3, -0.25) is 9.88 Å². The largest absolute Gasteiger partial charge is 0.309 e. The molecule has 2 rings (SSSR count). The van der Waals surface area contributed by atoms with Crippen molar-refractivity contribution in [3.05, 3.63) is 28.5 Å². The van der Waals surface area contributed by atoms with E-state index in [0.29, 0.717) is 6.04 Å². The number of halogens is 1. The van der Waals surface area contributed by atoms with Crippen LogP contribution in [0, 0.1) is 0 Å². The number of hydrogen-bond acceptors (Lipinski definition) is 3. The van der Waals surface area contributed by atoms with E-state index < -0.39 is 0 Å². The molecule has 1 aliphatic heterocycles. The quantitative estimate of drug-likeness (QED) is 0.921. The molecule has 2 unspecified atom stereocenters. The number of aromatic nitrogens is 1. The van der Waals surface area contributed by atoms with Gasteiger partial charge in [0.05, 0.1) is 0 Å². The Morgan fingerprint density at radius 1 is 1.47 bits per heavy atom. The number of nitrogens with one attached hydrogen (secondary N) is 1. The molecule has 1 saturated heterocycles. The van der Waals surface area contributed by atoms with Crippen LogP contribution in [0.3, 0.4) is 0 Å².